The van der Waals surface area contributed by atoms with Crippen LogP contribution in [-0.4, -0.2) is 11.7 Å². The lowest BCUT2D eigenvalue weighted by atomic mass is 10.00. The molecule has 2 heteroatoms. The molecule has 0 fully saturated rings. The summed E-state index contributed by atoms with van der Waals surface area (Å²) in [5, 5.41) is 9.42. The quantitative estimate of drug-likeness (QED) is 0.908. The number of aliphatic hydroxyl groups is 1. The van der Waals surface area contributed by atoms with Crippen LogP contribution in [0.1, 0.15) is 23.1 Å². The second-order valence-electron chi connectivity index (χ2n) is 5.08. The largest absolute Gasteiger partial charge is 0.392 e. The molecule has 98 valence electrons. The minimum atomic E-state index is 0.117. The fourth-order valence-corrected chi connectivity index (χ4v) is 2.85. The van der Waals surface area contributed by atoms with Crippen LogP contribution in [0.15, 0.2) is 48.5 Å². The number of para-hydroxylation sites is 1. The molecule has 0 saturated carbocycles. The van der Waals surface area contributed by atoms with Gasteiger partial charge < -0.3 is 10.0 Å². The van der Waals surface area contributed by atoms with Crippen molar-refractivity contribution in [1.82, 2.24) is 0 Å². The average Bonchev–Trinajstić information content (AvgIpc) is 2.48. The van der Waals surface area contributed by atoms with Crippen LogP contribution < -0.4 is 4.90 Å². The van der Waals surface area contributed by atoms with E-state index >= 15 is 0 Å². The van der Waals surface area contributed by atoms with Gasteiger partial charge >= 0.3 is 0 Å². The Kier molecular flexibility index (Phi) is 3.51. The number of aliphatic hydroxyl groups excluding tert-OH is 1. The zero-order valence-electron chi connectivity index (χ0n) is 11.0. The topological polar surface area (TPSA) is 23.5 Å². The van der Waals surface area contributed by atoms with Gasteiger partial charge in [-0.2, -0.15) is 0 Å². The third-order valence-electron chi connectivity index (χ3n) is 3.86. The van der Waals surface area contributed by atoms with Crippen molar-refractivity contribution in [3.05, 3.63) is 65.2 Å². The van der Waals surface area contributed by atoms with Crippen molar-refractivity contribution in [2.75, 3.05) is 11.4 Å². The molecule has 2 aromatic carbocycles. The number of rotatable bonds is 3. The molecule has 0 saturated heterocycles. The highest BCUT2D eigenvalue weighted by Crippen LogP contribution is 2.28. The average molecular weight is 253 g/mol. The summed E-state index contributed by atoms with van der Waals surface area (Å²) in [6, 6.07) is 16.8. The first kappa shape index (κ1) is 12.2. The Morgan fingerprint density at radius 2 is 1.68 bits per heavy atom. The summed E-state index contributed by atoms with van der Waals surface area (Å²) in [6.45, 7) is 2.09. The molecule has 1 aliphatic rings. The molecule has 2 nitrogen and oxygen atoms in total. The van der Waals surface area contributed by atoms with Gasteiger partial charge in [-0.05, 0) is 35.6 Å². The molecular formula is C17H19NO. The molecule has 0 spiro atoms. The summed E-state index contributed by atoms with van der Waals surface area (Å²) in [7, 11) is 0. The van der Waals surface area contributed by atoms with Gasteiger partial charge in [0.25, 0.3) is 0 Å². The van der Waals surface area contributed by atoms with E-state index < -0.39 is 0 Å². The Morgan fingerprint density at radius 3 is 2.53 bits per heavy atom. The molecule has 0 atom stereocenters. The van der Waals surface area contributed by atoms with Crippen molar-refractivity contribution < 1.29 is 5.11 Å². The minimum Gasteiger partial charge on any atom is -0.392 e. The van der Waals surface area contributed by atoms with E-state index in [-0.39, 0.29) is 6.61 Å². The molecule has 0 aromatic heterocycles. The van der Waals surface area contributed by atoms with Crippen LogP contribution in [-0.2, 0) is 19.6 Å². The highest BCUT2D eigenvalue weighted by molar-refractivity contribution is 5.56. The molecule has 0 bridgehead atoms. The first-order valence-electron chi connectivity index (χ1n) is 6.89. The maximum Gasteiger partial charge on any atom is 0.0685 e. The zero-order chi connectivity index (χ0) is 13.1. The number of benzene rings is 2. The molecule has 3 rings (SSSR count). The van der Waals surface area contributed by atoms with E-state index in [2.05, 4.69) is 35.2 Å². The first-order valence-corrected chi connectivity index (χ1v) is 6.89. The second-order valence-corrected chi connectivity index (χ2v) is 5.08. The van der Waals surface area contributed by atoms with Crippen LogP contribution in [0.25, 0.3) is 0 Å². The number of hydrogen-bond donors (Lipinski definition) is 1. The zero-order valence-corrected chi connectivity index (χ0v) is 11.0. The molecular weight excluding hydrogens is 234 g/mol. The van der Waals surface area contributed by atoms with E-state index in [0.29, 0.717) is 0 Å². The third kappa shape index (κ3) is 2.49. The highest BCUT2D eigenvalue weighted by atomic mass is 16.3. The summed E-state index contributed by atoms with van der Waals surface area (Å²) >= 11 is 0. The number of aryl methyl sites for hydroxylation is 1. The number of hydrogen-bond acceptors (Lipinski definition) is 2. The second kappa shape index (κ2) is 5.45. The maximum atomic E-state index is 9.42. The molecule has 1 aliphatic heterocycles. The van der Waals surface area contributed by atoms with Gasteiger partial charge in [0.2, 0.25) is 0 Å². The van der Waals surface area contributed by atoms with E-state index in [1.807, 2.05) is 18.2 Å². The van der Waals surface area contributed by atoms with Crippen LogP contribution in [0.2, 0.25) is 0 Å². The fraction of sp³-hybridized carbons (Fsp3) is 0.294. The Bertz CT molecular complexity index is 565. The molecule has 1 N–H and O–H groups in total. The van der Waals surface area contributed by atoms with Crippen molar-refractivity contribution in [3.63, 3.8) is 0 Å². The summed E-state index contributed by atoms with van der Waals surface area (Å²) in [5.74, 6) is 0. The third-order valence-corrected chi connectivity index (χ3v) is 3.86. The minimum absolute atomic E-state index is 0.117. The van der Waals surface area contributed by atoms with Crippen molar-refractivity contribution in [1.29, 1.82) is 0 Å². The summed E-state index contributed by atoms with van der Waals surface area (Å²) < 4.78 is 0. The van der Waals surface area contributed by atoms with E-state index in [1.165, 1.54) is 29.7 Å². The lowest BCUT2D eigenvalue weighted by Gasteiger charge is -2.31. The van der Waals surface area contributed by atoms with Crippen LogP contribution in [0.3, 0.4) is 0 Å². The Labute approximate surface area is 114 Å². The SMILES string of the molecule is OCc1ccccc1CN1CCCc2ccccc21. The Morgan fingerprint density at radius 1 is 0.947 bits per heavy atom. The Hall–Kier alpha value is -1.80. The van der Waals surface area contributed by atoms with E-state index in [1.54, 1.807) is 0 Å². The van der Waals surface area contributed by atoms with Gasteiger partial charge in [0.15, 0.2) is 0 Å². The van der Waals surface area contributed by atoms with Crippen LogP contribution >= 0.6 is 0 Å². The first-order chi connectivity index (χ1) is 9.38. The molecule has 19 heavy (non-hydrogen) atoms. The van der Waals surface area contributed by atoms with Crippen LogP contribution in [0, 0.1) is 0 Å². The predicted molar refractivity (Wildman–Crippen MR) is 78.2 cm³/mol. The number of fused-ring (bicyclic) bond motifs is 1. The monoisotopic (exact) mass is 253 g/mol. The molecule has 0 unspecified atom stereocenters. The molecule has 2 aromatic rings. The molecule has 0 amide bonds. The van der Waals surface area contributed by atoms with Crippen LogP contribution in [0.5, 0.6) is 0 Å². The van der Waals surface area contributed by atoms with E-state index in [0.717, 1.165) is 18.7 Å². The van der Waals surface area contributed by atoms with E-state index in [4.69, 9.17) is 0 Å². The van der Waals surface area contributed by atoms with Crippen LogP contribution in [0.4, 0.5) is 5.69 Å². The van der Waals surface area contributed by atoms with Crippen molar-refractivity contribution >= 4 is 5.69 Å². The lowest BCUT2D eigenvalue weighted by molar-refractivity contribution is 0.280. The lowest BCUT2D eigenvalue weighted by Crippen LogP contribution is -2.29. The Balaban J connectivity index is 1.88. The number of anilines is 1. The van der Waals surface area contributed by atoms with Crippen molar-refractivity contribution in [3.8, 4) is 0 Å². The summed E-state index contributed by atoms with van der Waals surface area (Å²) in [5.41, 5.74) is 5.05. The normalized spacial score (nSPS) is 14.3. The maximum absolute atomic E-state index is 9.42. The molecule has 0 radical (unpaired) electrons. The smallest absolute Gasteiger partial charge is 0.0685 e. The van der Waals surface area contributed by atoms with Crippen molar-refractivity contribution in [2.24, 2.45) is 0 Å². The molecule has 1 heterocycles. The fourth-order valence-electron chi connectivity index (χ4n) is 2.85. The predicted octanol–water partition coefficient (Wildman–Crippen LogP) is 3.13. The number of nitrogens with zero attached hydrogens (tertiary/aromatic N) is 1. The standard InChI is InChI=1S/C17H19NO/c19-13-16-8-2-1-7-15(16)12-18-11-5-9-14-6-3-4-10-17(14)18/h1-4,6-8,10,19H,5,9,11-13H2. The van der Waals surface area contributed by atoms with E-state index in [9.17, 15) is 5.11 Å². The summed E-state index contributed by atoms with van der Waals surface area (Å²) in [4.78, 5) is 2.42. The van der Waals surface area contributed by atoms with Gasteiger partial charge in [-0.25, -0.2) is 0 Å². The highest BCUT2D eigenvalue weighted by Gasteiger charge is 2.16. The van der Waals surface area contributed by atoms with Gasteiger partial charge in [-0.15, -0.1) is 0 Å². The molecule has 0 aliphatic carbocycles. The van der Waals surface area contributed by atoms with Gasteiger partial charge in [0.1, 0.15) is 0 Å². The van der Waals surface area contributed by atoms with Gasteiger partial charge in [0.05, 0.1) is 6.61 Å². The van der Waals surface area contributed by atoms with Gasteiger partial charge in [-0.3, -0.25) is 0 Å². The van der Waals surface area contributed by atoms with Gasteiger partial charge in [-0.1, -0.05) is 42.5 Å². The van der Waals surface area contributed by atoms with Gasteiger partial charge in [0, 0.05) is 18.8 Å². The van der Waals surface area contributed by atoms with Crippen molar-refractivity contribution in [2.45, 2.75) is 26.0 Å². The summed E-state index contributed by atoms with van der Waals surface area (Å²) in [6.07, 6.45) is 2.38.